The van der Waals surface area contributed by atoms with E-state index in [1.54, 1.807) is 0 Å². The fraction of sp³-hybridized carbons (Fsp3) is 0.133. The van der Waals surface area contributed by atoms with E-state index >= 15 is 0 Å². The topological polar surface area (TPSA) is 4.93 Å². The summed E-state index contributed by atoms with van der Waals surface area (Å²) in [5.41, 5.74) is 6.77. The Morgan fingerprint density at radius 1 is 0.656 bits per heavy atom. The van der Waals surface area contributed by atoms with Crippen LogP contribution in [0.25, 0.3) is 10.9 Å². The maximum absolute atomic E-state index is 2.33. The normalized spacial score (nSPS) is 13.2. The summed E-state index contributed by atoms with van der Waals surface area (Å²) in [6, 6.07) is 41.6. The van der Waals surface area contributed by atoms with E-state index in [9.17, 15) is 0 Å². The van der Waals surface area contributed by atoms with E-state index in [0.717, 1.165) is 5.75 Å². The Bertz CT molecular complexity index is 1280. The van der Waals surface area contributed by atoms with Crippen LogP contribution in [0.3, 0.4) is 0 Å². The Hall–Kier alpha value is -3.23. The smallest absolute Gasteiger partial charge is 0.0480 e. The second kappa shape index (κ2) is 9.50. The number of thioether (sulfide) groups is 1. The van der Waals surface area contributed by atoms with Gasteiger partial charge in [0, 0.05) is 41.1 Å². The molecular formula is C30H27NS. The summed E-state index contributed by atoms with van der Waals surface area (Å²) < 4.78 is 2.27. The number of benzene rings is 4. The van der Waals surface area contributed by atoms with Gasteiger partial charge in [-0.15, -0.1) is 11.8 Å². The lowest BCUT2D eigenvalue weighted by Crippen LogP contribution is -2.11. The molecule has 1 aromatic heterocycles. The van der Waals surface area contributed by atoms with Crippen LogP contribution in [0, 0.1) is 0 Å². The van der Waals surface area contributed by atoms with Gasteiger partial charge in [0.2, 0.25) is 0 Å². The molecule has 1 heterocycles. The number of aryl methyl sites for hydroxylation is 1. The maximum atomic E-state index is 2.33. The van der Waals surface area contributed by atoms with Gasteiger partial charge >= 0.3 is 0 Å². The van der Waals surface area contributed by atoms with Crippen molar-refractivity contribution >= 4 is 22.7 Å². The first-order valence-corrected chi connectivity index (χ1v) is 12.2. The van der Waals surface area contributed by atoms with Crippen LogP contribution in [0.5, 0.6) is 0 Å². The lowest BCUT2D eigenvalue weighted by Gasteiger charge is -2.28. The van der Waals surface area contributed by atoms with Crippen LogP contribution in [0.4, 0.5) is 0 Å². The van der Waals surface area contributed by atoms with Gasteiger partial charge in [-0.3, -0.25) is 0 Å². The zero-order valence-corrected chi connectivity index (χ0v) is 19.1. The van der Waals surface area contributed by atoms with Gasteiger partial charge in [-0.2, -0.15) is 0 Å². The van der Waals surface area contributed by atoms with Crippen LogP contribution in [0.1, 0.15) is 33.4 Å². The predicted octanol–water partition coefficient (Wildman–Crippen LogP) is 7.98. The largest absolute Gasteiger partial charge is 0.350 e. The SMILES string of the molecule is Cn1cc([C@@H](c2ccccc2)[C@@H](SCc2ccccc2)c2ccccc2)c2ccccc21. The molecule has 5 aromatic rings. The molecule has 0 saturated heterocycles. The molecule has 158 valence electrons. The van der Waals surface area contributed by atoms with E-state index in [1.807, 2.05) is 11.8 Å². The molecule has 0 aliphatic heterocycles. The number of nitrogens with zero attached hydrogens (tertiary/aromatic N) is 1. The van der Waals surface area contributed by atoms with Crippen molar-refractivity contribution < 1.29 is 0 Å². The molecule has 0 aliphatic carbocycles. The average Bonchev–Trinajstić information content (AvgIpc) is 3.19. The molecule has 2 heteroatoms. The molecule has 0 fully saturated rings. The Labute approximate surface area is 194 Å². The lowest BCUT2D eigenvalue weighted by molar-refractivity contribution is 0.784. The molecule has 0 spiro atoms. The van der Waals surface area contributed by atoms with Gasteiger partial charge in [0.05, 0.1) is 0 Å². The summed E-state index contributed by atoms with van der Waals surface area (Å²) in [4.78, 5) is 0. The third-order valence-electron chi connectivity index (χ3n) is 6.12. The zero-order chi connectivity index (χ0) is 21.8. The van der Waals surface area contributed by atoms with Gasteiger partial charge in [0.25, 0.3) is 0 Å². The van der Waals surface area contributed by atoms with Crippen LogP contribution in [-0.4, -0.2) is 4.57 Å². The van der Waals surface area contributed by atoms with Crippen molar-refractivity contribution in [3.63, 3.8) is 0 Å². The Kier molecular flexibility index (Phi) is 6.13. The summed E-state index contributed by atoms with van der Waals surface area (Å²) in [6.07, 6.45) is 2.33. The molecule has 0 unspecified atom stereocenters. The number of hydrogen-bond acceptors (Lipinski definition) is 1. The number of hydrogen-bond donors (Lipinski definition) is 0. The highest BCUT2D eigenvalue weighted by Crippen LogP contribution is 2.48. The molecule has 0 aliphatic rings. The van der Waals surface area contributed by atoms with Crippen molar-refractivity contribution in [1.82, 2.24) is 4.57 Å². The average molecular weight is 434 g/mol. The summed E-state index contributed by atoms with van der Waals surface area (Å²) in [5.74, 6) is 1.23. The zero-order valence-electron chi connectivity index (χ0n) is 18.3. The number of aromatic nitrogens is 1. The summed E-state index contributed by atoms with van der Waals surface area (Å²) in [7, 11) is 2.16. The molecule has 5 rings (SSSR count). The van der Waals surface area contributed by atoms with Crippen molar-refractivity contribution in [2.24, 2.45) is 7.05 Å². The first-order chi connectivity index (χ1) is 15.8. The minimum absolute atomic E-state index is 0.249. The first-order valence-electron chi connectivity index (χ1n) is 11.1. The van der Waals surface area contributed by atoms with Crippen molar-refractivity contribution in [1.29, 1.82) is 0 Å². The predicted molar refractivity (Wildman–Crippen MR) is 138 cm³/mol. The van der Waals surface area contributed by atoms with Gasteiger partial charge in [-0.25, -0.2) is 0 Å². The van der Waals surface area contributed by atoms with Gasteiger partial charge in [0.1, 0.15) is 0 Å². The summed E-state index contributed by atoms with van der Waals surface area (Å²) in [6.45, 7) is 0. The van der Waals surface area contributed by atoms with E-state index in [1.165, 1.54) is 33.2 Å². The monoisotopic (exact) mass is 433 g/mol. The maximum Gasteiger partial charge on any atom is 0.0480 e. The number of para-hydroxylation sites is 1. The highest BCUT2D eigenvalue weighted by Gasteiger charge is 2.29. The summed E-state index contributed by atoms with van der Waals surface area (Å²) >= 11 is 2.03. The van der Waals surface area contributed by atoms with Crippen LogP contribution in [0.15, 0.2) is 121 Å². The molecule has 0 bridgehead atoms. The fourth-order valence-electron chi connectivity index (χ4n) is 4.59. The molecule has 0 N–H and O–H groups in total. The third-order valence-corrected chi connectivity index (χ3v) is 7.53. The van der Waals surface area contributed by atoms with Crippen molar-refractivity contribution in [2.75, 3.05) is 0 Å². The highest BCUT2D eigenvalue weighted by atomic mass is 32.2. The summed E-state index contributed by atoms with van der Waals surface area (Å²) in [5, 5.41) is 1.63. The molecule has 2 atom stereocenters. The van der Waals surface area contributed by atoms with Crippen LogP contribution in [-0.2, 0) is 12.8 Å². The fourth-order valence-corrected chi connectivity index (χ4v) is 6.00. The Balaban J connectivity index is 1.65. The number of fused-ring (bicyclic) bond motifs is 1. The Morgan fingerprint density at radius 2 is 1.22 bits per heavy atom. The van der Waals surface area contributed by atoms with Gasteiger partial charge in [0.15, 0.2) is 0 Å². The standard InChI is InChI=1S/C30H27NS/c1-31-21-27(26-19-11-12-20-28(26)31)29(24-15-7-3-8-16-24)30(25-17-9-4-10-18-25)32-22-23-13-5-2-6-14-23/h2-21,29-30H,22H2,1H3/t29-,30+/m1/s1. The van der Waals surface area contributed by atoms with Crippen LogP contribution < -0.4 is 0 Å². The van der Waals surface area contributed by atoms with Gasteiger partial charge < -0.3 is 4.57 Å². The molecule has 0 radical (unpaired) electrons. The van der Waals surface area contributed by atoms with E-state index in [2.05, 4.69) is 133 Å². The highest BCUT2D eigenvalue weighted by molar-refractivity contribution is 7.98. The second-order valence-electron chi connectivity index (χ2n) is 8.23. The molecule has 4 aromatic carbocycles. The lowest BCUT2D eigenvalue weighted by atomic mass is 9.85. The quantitative estimate of drug-likeness (QED) is 0.252. The first kappa shape index (κ1) is 20.7. The van der Waals surface area contributed by atoms with E-state index in [-0.39, 0.29) is 5.92 Å². The number of rotatable bonds is 7. The molecular weight excluding hydrogens is 406 g/mol. The second-order valence-corrected chi connectivity index (χ2v) is 9.36. The molecule has 1 nitrogen and oxygen atoms in total. The van der Waals surface area contributed by atoms with Gasteiger partial charge in [-0.05, 0) is 28.3 Å². The Morgan fingerprint density at radius 3 is 1.91 bits per heavy atom. The van der Waals surface area contributed by atoms with E-state index < -0.39 is 0 Å². The molecule has 32 heavy (non-hydrogen) atoms. The van der Waals surface area contributed by atoms with E-state index in [4.69, 9.17) is 0 Å². The van der Waals surface area contributed by atoms with Crippen LogP contribution >= 0.6 is 11.8 Å². The van der Waals surface area contributed by atoms with Crippen molar-refractivity contribution in [3.05, 3.63) is 144 Å². The molecule has 0 saturated carbocycles. The third kappa shape index (κ3) is 4.24. The van der Waals surface area contributed by atoms with Gasteiger partial charge in [-0.1, -0.05) is 109 Å². The van der Waals surface area contributed by atoms with Crippen molar-refractivity contribution in [2.45, 2.75) is 16.9 Å². The minimum atomic E-state index is 0.249. The van der Waals surface area contributed by atoms with Crippen LogP contribution in [0.2, 0.25) is 0 Å². The van der Waals surface area contributed by atoms with E-state index in [0.29, 0.717) is 5.25 Å². The van der Waals surface area contributed by atoms with Crippen molar-refractivity contribution in [3.8, 4) is 0 Å². The molecule has 0 amide bonds. The minimum Gasteiger partial charge on any atom is -0.350 e.